The summed E-state index contributed by atoms with van der Waals surface area (Å²) in [6.07, 6.45) is -1.50. The molecule has 0 radical (unpaired) electrons. The van der Waals surface area contributed by atoms with Crippen molar-refractivity contribution in [1.29, 1.82) is 0 Å². The van der Waals surface area contributed by atoms with Crippen LogP contribution in [0.3, 0.4) is 0 Å². The van der Waals surface area contributed by atoms with E-state index in [1.807, 2.05) is 90.0 Å². The van der Waals surface area contributed by atoms with Crippen molar-refractivity contribution in [2.45, 2.75) is 399 Å². The Morgan fingerprint density at radius 2 is 0.470 bits per heavy atom. The van der Waals surface area contributed by atoms with Crippen LogP contribution in [-0.2, 0) is 105 Å². The first-order valence-corrected chi connectivity index (χ1v) is 55.2. The lowest BCUT2D eigenvalue weighted by atomic mass is 9.86. The maximum absolute atomic E-state index is 14.3. The van der Waals surface area contributed by atoms with Crippen LogP contribution in [0.25, 0.3) is 0 Å². The largest absolute Gasteiger partial charge is 0.460 e. The maximum Gasteiger partial charge on any atom is 0.331 e. The van der Waals surface area contributed by atoms with Gasteiger partial charge in [0.05, 0.1) is 74.4 Å². The number of cyclic esters (lactones) is 2. The lowest BCUT2D eigenvalue weighted by Crippen LogP contribution is -2.56. The number of aliphatic hydroxyl groups excluding tert-OH is 2. The van der Waals surface area contributed by atoms with Crippen LogP contribution in [0.5, 0.6) is 0 Å². The number of hydrogen-bond acceptors (Lipinski definition) is 28. The summed E-state index contributed by atoms with van der Waals surface area (Å²) in [5.74, 6) is -23.6. The number of esters is 2. The van der Waals surface area contributed by atoms with Crippen LogP contribution in [-0.4, -0.2) is 253 Å². The predicted molar refractivity (Wildman–Crippen MR) is 566 cm³/mol. The van der Waals surface area contributed by atoms with Crippen LogP contribution < -0.4 is 87.6 Å². The molecule has 0 saturated carbocycles. The first-order chi connectivity index (χ1) is 69.9. The summed E-state index contributed by atoms with van der Waals surface area (Å²) in [5.41, 5.74) is 31.7. The number of nitrogens with one attached hydrogen (secondary N) is 10. The zero-order valence-electron chi connectivity index (χ0n) is 94.4. The monoisotopic (exact) mass is 2110 g/mol. The Kier molecular flexibility index (Phi) is 66.1. The molecule has 25 atom stereocenters. The van der Waals surface area contributed by atoms with Crippen LogP contribution in [0, 0.1) is 118 Å². The SMILES string of the molecule is CCC(C)C1CC(=O)CC(CCN)C(=O)N[C@@H](C(C)C)C(=O)CC(CCN)C(=O)NC(C(C)CC)C(=O)NC(CC(C)C)C(=O)CC(CC[NH3+])C(=O)NC(C(C)C)C(=O)CC(CC(C)C)C(=O)NC(CO)C(=O)O1.CCC(C)C1CC(=O)CC(CCN)C(=O)N[C@@H]([C@H](C)CC)C(=O)CC(CCN)C(=O)NC(C(C)CC)C(=O)NC(CC(C)C)C(=O)CC(CC[NH3+])C(=O)NC(C(C)C)C(=O)CC(CC(C)C)C(=O)NC(CO)C(=O)O1. The van der Waals surface area contributed by atoms with Crippen molar-refractivity contribution in [3.05, 3.63) is 0 Å². The standard InChI is InChI=1S/C55H98N8O12.C54H96N8O12/c1-13-33(10)46-28-40(65)24-36(16-19-56)50(69)62-48(34(11)14-2)45(68)26-38(18-21-58)52(71)63-49(35(12)15-3)54(73)59-41(23-31(6)7)43(66)25-37(17-20-57)51(70)61-47(32(8)9)44(67)27-39(22-30(4)5)53(72)60-42(29-64)55(74)75-46;1-13-33(11)45-27-39(64)23-35(15-18-55)49(68)60-46(31(7)8)43(66)25-37(17-20-57)51(70)62-48(34(12)14-2)53(72)58-40(22-30(5)6)42(65)24-36(16-19-56)50(69)61-47(32(9)10)44(67)26-38(21-29(3)4)52(71)59-41(28-63)54(73)74-45/h30-39,41-42,46-49,64H,13-29,56-58H2,1-12H3,(H,59,73)(H,60,72)(H,61,70)(H,62,69)(H,63,71);29-38,40-41,45-48,63H,13-28,55-57H2,1-12H3,(H,58,72)(H,59,71)(H,60,68)(H,61,69)(H,62,70)/p+2/t33?,34-,35?,36?,37?,38?,39?,41?,42?,46?,47?,48+,49?;33?,34?,35?,36?,37?,38?,40?,41?,45?,46-,47?,48?/m10/s1. The number of quaternary nitrogens is 2. The minimum absolute atomic E-state index is 0.0188. The van der Waals surface area contributed by atoms with Crippen LogP contribution >= 0.6 is 0 Å². The molecule has 0 bridgehead atoms. The average molecular weight is 2110 g/mol. The highest BCUT2D eigenvalue weighted by Crippen LogP contribution is 2.31. The Balaban J connectivity index is 0.00000149. The summed E-state index contributed by atoms with van der Waals surface area (Å²) in [7, 11) is 0. The molecular weight excluding hydrogens is 1920 g/mol. The van der Waals surface area contributed by atoms with E-state index in [-0.39, 0.29) is 203 Å². The number of ether oxygens (including phenoxy) is 2. The fraction of sp³-hybridized carbons (Fsp3) is 0.817. The molecule has 854 valence electrons. The molecule has 2 saturated heterocycles. The molecule has 10 amide bonds. The molecule has 0 aliphatic carbocycles. The van der Waals surface area contributed by atoms with Crippen LogP contribution in [0.4, 0.5) is 0 Å². The first kappa shape index (κ1) is 138. The first-order valence-electron chi connectivity index (χ1n) is 55.2. The average Bonchev–Trinajstić information content (AvgIpc) is 0.997. The number of rotatable bonds is 35. The predicted octanol–water partition coefficient (Wildman–Crippen LogP) is 4.08. The van der Waals surface area contributed by atoms with Crippen molar-refractivity contribution in [3.63, 3.8) is 0 Å². The van der Waals surface area contributed by atoms with E-state index in [9.17, 15) is 106 Å². The number of hydrogen-bond donors (Lipinski definition) is 18. The maximum atomic E-state index is 14.3. The topological polar surface area (TPSA) is 680 Å². The summed E-state index contributed by atoms with van der Waals surface area (Å²) in [6.45, 7) is 42.3. The van der Waals surface area contributed by atoms with E-state index in [1.165, 1.54) is 0 Å². The van der Waals surface area contributed by atoms with E-state index in [0.717, 1.165) is 0 Å². The molecule has 2 heterocycles. The van der Waals surface area contributed by atoms with Crippen LogP contribution in [0.15, 0.2) is 0 Å². The van der Waals surface area contributed by atoms with Crippen LogP contribution in [0.1, 0.15) is 327 Å². The Morgan fingerprint density at radius 3 is 0.711 bits per heavy atom. The van der Waals surface area contributed by atoms with Gasteiger partial charge in [0.1, 0.15) is 35.9 Å². The Hall–Kier alpha value is -9.32. The number of ketones is 8. The second-order valence-electron chi connectivity index (χ2n) is 44.7. The minimum atomic E-state index is -1.57. The fourth-order valence-corrected chi connectivity index (χ4v) is 18.7. The van der Waals surface area contributed by atoms with Crippen molar-refractivity contribution in [2.75, 3.05) is 52.5 Å². The highest BCUT2D eigenvalue weighted by Gasteiger charge is 2.45. The molecule has 149 heavy (non-hydrogen) atoms. The highest BCUT2D eigenvalue weighted by atomic mass is 16.6. The van der Waals surface area contributed by atoms with Gasteiger partial charge in [0, 0.05) is 113 Å². The van der Waals surface area contributed by atoms with Gasteiger partial charge in [0.15, 0.2) is 46.8 Å². The molecule has 22 unspecified atom stereocenters. The van der Waals surface area contributed by atoms with Gasteiger partial charge in [-0.2, -0.15) is 0 Å². The third-order valence-corrected chi connectivity index (χ3v) is 29.0. The van der Waals surface area contributed by atoms with Gasteiger partial charge >= 0.3 is 11.9 Å². The van der Waals surface area contributed by atoms with Gasteiger partial charge in [0.25, 0.3) is 0 Å². The lowest BCUT2D eigenvalue weighted by Gasteiger charge is -2.30. The molecule has 2 fully saturated rings. The quantitative estimate of drug-likeness (QED) is 0.0397. The van der Waals surface area contributed by atoms with Crippen molar-refractivity contribution < 1.29 is 127 Å². The van der Waals surface area contributed by atoms with Crippen molar-refractivity contribution in [2.24, 2.45) is 141 Å². The number of nitrogens with two attached hydrogens (primary N) is 4. The van der Waals surface area contributed by atoms with Gasteiger partial charge in [-0.25, -0.2) is 9.59 Å². The smallest absolute Gasteiger partial charge is 0.331 e. The van der Waals surface area contributed by atoms with E-state index in [2.05, 4.69) is 64.6 Å². The summed E-state index contributed by atoms with van der Waals surface area (Å²) >= 11 is 0. The molecule has 2 rings (SSSR count). The normalized spacial score (nSPS) is 28.1. The molecule has 0 aromatic rings. The Labute approximate surface area is 886 Å². The van der Waals surface area contributed by atoms with E-state index < -0.39 is 286 Å². The fourth-order valence-electron chi connectivity index (χ4n) is 18.7. The lowest BCUT2D eigenvalue weighted by molar-refractivity contribution is -0.370. The zero-order chi connectivity index (χ0) is 114. The summed E-state index contributed by atoms with van der Waals surface area (Å²) in [5, 5.41) is 48.7. The number of carbonyl (C=O) groups excluding carboxylic acids is 20. The second kappa shape index (κ2) is 71.5. The highest BCUT2D eigenvalue weighted by molar-refractivity contribution is 6.02. The third-order valence-electron chi connectivity index (χ3n) is 29.0. The van der Waals surface area contributed by atoms with Crippen molar-refractivity contribution in [1.82, 2.24) is 53.2 Å². The second-order valence-corrected chi connectivity index (χ2v) is 44.7. The molecule has 40 heteroatoms. The Bertz CT molecular complexity index is 4260. The number of amides is 10. The summed E-state index contributed by atoms with van der Waals surface area (Å²) in [6, 6.07) is -11.9. The van der Waals surface area contributed by atoms with Gasteiger partial charge in [-0.3, -0.25) is 86.3 Å². The van der Waals surface area contributed by atoms with Gasteiger partial charge in [-0.1, -0.05) is 198 Å². The zero-order valence-corrected chi connectivity index (χ0v) is 94.4. The number of aliphatic hydroxyl groups is 2. The molecule has 0 aromatic heterocycles. The molecule has 0 aromatic carbocycles. The van der Waals surface area contributed by atoms with E-state index >= 15 is 0 Å². The van der Waals surface area contributed by atoms with Gasteiger partial charge in [-0.15, -0.1) is 0 Å². The third kappa shape index (κ3) is 48.7. The van der Waals surface area contributed by atoms with Crippen LogP contribution in [0.2, 0.25) is 0 Å². The summed E-state index contributed by atoms with van der Waals surface area (Å²) < 4.78 is 11.7. The summed E-state index contributed by atoms with van der Waals surface area (Å²) in [4.78, 5) is 282. The molecule has 26 N–H and O–H groups in total. The van der Waals surface area contributed by atoms with Gasteiger partial charge in [0.2, 0.25) is 59.1 Å². The van der Waals surface area contributed by atoms with E-state index in [4.69, 9.17) is 32.4 Å². The number of carbonyl (C=O) groups is 20. The molecule has 2 aliphatic heterocycles. The molecule has 40 nitrogen and oxygen atoms in total. The van der Waals surface area contributed by atoms with Gasteiger partial charge in [-0.05, 0) is 149 Å². The molecule has 2 aliphatic rings. The van der Waals surface area contributed by atoms with Crippen molar-refractivity contribution >= 4 is 117 Å². The van der Waals surface area contributed by atoms with E-state index in [0.29, 0.717) is 32.1 Å². The molecule has 0 spiro atoms. The molecular formula is C109H196N16O24+2. The van der Waals surface area contributed by atoms with Crippen molar-refractivity contribution in [3.8, 4) is 0 Å². The Morgan fingerprint density at radius 1 is 0.255 bits per heavy atom. The van der Waals surface area contributed by atoms with E-state index in [1.54, 1.807) is 76.2 Å². The minimum Gasteiger partial charge on any atom is -0.460 e. The number of Topliss-reactive ketones (excluding diaryl/α,β-unsaturated/α-hetero) is 8. The van der Waals surface area contributed by atoms with Gasteiger partial charge < -0.3 is 107 Å².